The fourth-order valence-electron chi connectivity index (χ4n) is 1.29. The Labute approximate surface area is 74.6 Å². The van der Waals surface area contributed by atoms with Crippen LogP contribution in [-0.4, -0.2) is 16.1 Å². The van der Waals surface area contributed by atoms with Crippen molar-refractivity contribution in [2.24, 2.45) is 0 Å². The Morgan fingerprint density at radius 3 is 2.92 bits per heavy atom. The quantitative estimate of drug-likeness (QED) is 0.664. The average Bonchev–Trinajstić information content (AvgIpc) is 2.32. The van der Waals surface area contributed by atoms with Gasteiger partial charge in [-0.3, -0.25) is 4.79 Å². The lowest BCUT2D eigenvalue weighted by Crippen LogP contribution is -2.05. The van der Waals surface area contributed by atoms with Gasteiger partial charge in [0.05, 0.1) is 10.1 Å². The van der Waals surface area contributed by atoms with E-state index in [1.165, 1.54) is 11.8 Å². The second-order valence-corrected chi connectivity index (χ2v) is 4.13. The molecule has 2 rings (SSSR count). The third kappa shape index (κ3) is 0.932. The van der Waals surface area contributed by atoms with Gasteiger partial charge in [0.2, 0.25) is 0 Å². The Balaban J connectivity index is 2.61. The van der Waals surface area contributed by atoms with Crippen LogP contribution in [0.4, 0.5) is 0 Å². The van der Waals surface area contributed by atoms with Gasteiger partial charge in [0, 0.05) is 5.56 Å². The first kappa shape index (κ1) is 7.68. The summed E-state index contributed by atoms with van der Waals surface area (Å²) in [6, 6.07) is 5.07. The van der Waals surface area contributed by atoms with Crippen LogP contribution in [0.3, 0.4) is 0 Å². The Bertz CT molecular complexity index is 346. The maximum atomic E-state index is 11.4. The van der Waals surface area contributed by atoms with E-state index < -0.39 is 0 Å². The number of phenols is 1. The van der Waals surface area contributed by atoms with Crippen molar-refractivity contribution >= 4 is 17.5 Å². The van der Waals surface area contributed by atoms with Crippen LogP contribution in [0.2, 0.25) is 0 Å². The minimum absolute atomic E-state index is 0.0479. The Morgan fingerprint density at radius 2 is 2.25 bits per heavy atom. The Morgan fingerprint density at radius 1 is 1.50 bits per heavy atom. The third-order valence-electron chi connectivity index (χ3n) is 1.92. The summed E-state index contributed by atoms with van der Waals surface area (Å²) in [7, 11) is 0. The van der Waals surface area contributed by atoms with Crippen LogP contribution in [0.5, 0.6) is 5.75 Å². The van der Waals surface area contributed by atoms with E-state index in [9.17, 15) is 9.90 Å². The Hall–Kier alpha value is -0.960. The van der Waals surface area contributed by atoms with Crippen molar-refractivity contribution in [2.45, 2.75) is 17.1 Å². The van der Waals surface area contributed by atoms with E-state index >= 15 is 0 Å². The number of ketones is 1. The second-order valence-electron chi connectivity index (χ2n) is 2.78. The largest absolute Gasteiger partial charge is 0.507 e. The van der Waals surface area contributed by atoms with Gasteiger partial charge in [-0.25, -0.2) is 0 Å². The number of carbonyl (C=O) groups excluding carboxylic acids is 1. The highest BCUT2D eigenvalue weighted by Crippen LogP contribution is 2.41. The van der Waals surface area contributed by atoms with E-state index in [0.29, 0.717) is 5.56 Å². The number of carbonyl (C=O) groups is 1. The molecule has 1 aliphatic rings. The predicted octanol–water partition coefficient (Wildman–Crippen LogP) is 2.07. The van der Waals surface area contributed by atoms with Gasteiger partial charge in [-0.15, -0.1) is 11.8 Å². The number of aromatic hydroxyl groups is 1. The molecule has 0 saturated heterocycles. The summed E-state index contributed by atoms with van der Waals surface area (Å²) in [6.07, 6.45) is 0. The van der Waals surface area contributed by atoms with Gasteiger partial charge in [-0.1, -0.05) is 6.07 Å². The molecule has 3 heteroatoms. The SMILES string of the molecule is C[C@@H]1Sc2c(O)cccc2C1=O. The first-order valence-corrected chi connectivity index (χ1v) is 4.61. The molecule has 2 nitrogen and oxygen atoms in total. The zero-order chi connectivity index (χ0) is 8.72. The van der Waals surface area contributed by atoms with Gasteiger partial charge < -0.3 is 5.11 Å². The first-order valence-electron chi connectivity index (χ1n) is 3.73. The number of phenolic OH excluding ortho intramolecular Hbond substituents is 1. The number of rotatable bonds is 0. The number of hydrogen-bond acceptors (Lipinski definition) is 3. The number of Topliss-reactive ketones (excluding diaryl/α,β-unsaturated/α-hetero) is 1. The first-order chi connectivity index (χ1) is 5.70. The van der Waals surface area contributed by atoms with Crippen LogP contribution in [-0.2, 0) is 0 Å². The molecular weight excluding hydrogens is 172 g/mol. The highest BCUT2D eigenvalue weighted by molar-refractivity contribution is 8.01. The lowest BCUT2D eigenvalue weighted by molar-refractivity contribution is 0.0995. The maximum Gasteiger partial charge on any atom is 0.177 e. The molecule has 12 heavy (non-hydrogen) atoms. The normalized spacial score (nSPS) is 21.1. The lowest BCUT2D eigenvalue weighted by atomic mass is 10.1. The van der Waals surface area contributed by atoms with Gasteiger partial charge >= 0.3 is 0 Å². The number of hydrogen-bond donors (Lipinski definition) is 1. The monoisotopic (exact) mass is 180 g/mol. The minimum atomic E-state index is -0.0479. The average molecular weight is 180 g/mol. The summed E-state index contributed by atoms with van der Waals surface area (Å²) in [5, 5.41) is 9.35. The molecule has 0 saturated carbocycles. The fraction of sp³-hybridized carbons (Fsp3) is 0.222. The molecule has 62 valence electrons. The van der Waals surface area contributed by atoms with E-state index in [1.807, 2.05) is 6.92 Å². The topological polar surface area (TPSA) is 37.3 Å². The van der Waals surface area contributed by atoms with Gasteiger partial charge in [0.15, 0.2) is 5.78 Å². The molecule has 0 aliphatic carbocycles. The summed E-state index contributed by atoms with van der Waals surface area (Å²) in [5.74, 6) is 0.334. The highest BCUT2D eigenvalue weighted by Gasteiger charge is 2.29. The predicted molar refractivity (Wildman–Crippen MR) is 47.8 cm³/mol. The molecule has 1 aromatic carbocycles. The standard InChI is InChI=1S/C9H8O2S/c1-5-8(11)6-3-2-4-7(10)9(6)12-5/h2-5,10H,1H3/t5-/m0/s1. The molecule has 0 bridgehead atoms. The van der Waals surface area contributed by atoms with Crippen LogP contribution in [0.25, 0.3) is 0 Å². The molecule has 1 aliphatic heterocycles. The molecule has 1 aromatic rings. The van der Waals surface area contributed by atoms with Crippen molar-refractivity contribution in [3.05, 3.63) is 23.8 Å². The molecule has 1 atom stereocenters. The van der Waals surface area contributed by atoms with Gasteiger partial charge in [0.1, 0.15) is 5.75 Å². The van der Waals surface area contributed by atoms with Gasteiger partial charge in [0.25, 0.3) is 0 Å². The smallest absolute Gasteiger partial charge is 0.177 e. The van der Waals surface area contributed by atoms with Crippen molar-refractivity contribution in [2.75, 3.05) is 0 Å². The summed E-state index contributed by atoms with van der Waals surface area (Å²) in [4.78, 5) is 12.1. The van der Waals surface area contributed by atoms with E-state index in [2.05, 4.69) is 0 Å². The molecule has 0 unspecified atom stereocenters. The number of fused-ring (bicyclic) bond motifs is 1. The van der Waals surface area contributed by atoms with Crippen molar-refractivity contribution in [1.82, 2.24) is 0 Å². The van der Waals surface area contributed by atoms with Gasteiger partial charge in [-0.05, 0) is 19.1 Å². The highest BCUT2D eigenvalue weighted by atomic mass is 32.2. The van der Waals surface area contributed by atoms with E-state index in [1.54, 1.807) is 18.2 Å². The lowest BCUT2D eigenvalue weighted by Gasteiger charge is -1.97. The molecule has 0 aromatic heterocycles. The third-order valence-corrected chi connectivity index (χ3v) is 3.16. The Kier molecular flexibility index (Phi) is 1.61. The van der Waals surface area contributed by atoms with Crippen molar-refractivity contribution in [3.63, 3.8) is 0 Å². The summed E-state index contributed by atoms with van der Waals surface area (Å²) in [5.41, 5.74) is 0.660. The van der Waals surface area contributed by atoms with Crippen molar-refractivity contribution in [1.29, 1.82) is 0 Å². The molecule has 0 spiro atoms. The number of benzene rings is 1. The molecule has 0 amide bonds. The second kappa shape index (κ2) is 2.52. The van der Waals surface area contributed by atoms with Crippen LogP contribution >= 0.6 is 11.8 Å². The maximum absolute atomic E-state index is 11.4. The fourth-order valence-corrected chi connectivity index (χ4v) is 2.36. The van der Waals surface area contributed by atoms with Gasteiger partial charge in [-0.2, -0.15) is 0 Å². The van der Waals surface area contributed by atoms with Crippen LogP contribution in [0, 0.1) is 0 Å². The molecule has 1 N–H and O–H groups in total. The van der Waals surface area contributed by atoms with E-state index in [0.717, 1.165) is 4.90 Å². The molecule has 1 heterocycles. The van der Waals surface area contributed by atoms with E-state index in [-0.39, 0.29) is 16.8 Å². The van der Waals surface area contributed by atoms with E-state index in [4.69, 9.17) is 0 Å². The molecule has 0 radical (unpaired) electrons. The minimum Gasteiger partial charge on any atom is -0.507 e. The molecule has 0 fully saturated rings. The summed E-state index contributed by atoms with van der Waals surface area (Å²) >= 11 is 1.43. The summed E-state index contributed by atoms with van der Waals surface area (Å²) in [6.45, 7) is 1.85. The number of thioether (sulfide) groups is 1. The molecular formula is C9H8O2S. The zero-order valence-electron chi connectivity index (χ0n) is 6.57. The van der Waals surface area contributed by atoms with Crippen LogP contribution in [0.15, 0.2) is 23.1 Å². The zero-order valence-corrected chi connectivity index (χ0v) is 7.39. The summed E-state index contributed by atoms with van der Waals surface area (Å²) < 4.78 is 0. The van der Waals surface area contributed by atoms with Crippen molar-refractivity contribution in [3.8, 4) is 5.75 Å². The van der Waals surface area contributed by atoms with Crippen molar-refractivity contribution < 1.29 is 9.90 Å². The van der Waals surface area contributed by atoms with Crippen LogP contribution < -0.4 is 0 Å². The van der Waals surface area contributed by atoms with Crippen LogP contribution in [0.1, 0.15) is 17.3 Å².